The van der Waals surface area contributed by atoms with Crippen molar-refractivity contribution < 1.29 is 12.9 Å². The van der Waals surface area contributed by atoms with Gasteiger partial charge >= 0.3 is 0 Å². The summed E-state index contributed by atoms with van der Waals surface area (Å²) in [5.74, 6) is 0.457. The molecule has 17 heavy (non-hydrogen) atoms. The summed E-state index contributed by atoms with van der Waals surface area (Å²) in [5, 5.41) is 5.19. The molecule has 2 aromatic heterocycles. The molecule has 8 heteroatoms. The second-order valence-corrected chi connectivity index (χ2v) is 5.95. The highest BCUT2D eigenvalue weighted by molar-refractivity contribution is 7.89. The van der Waals surface area contributed by atoms with Gasteiger partial charge in [0.25, 0.3) is 0 Å². The van der Waals surface area contributed by atoms with Gasteiger partial charge in [0.15, 0.2) is 5.76 Å². The van der Waals surface area contributed by atoms with Gasteiger partial charge in [0, 0.05) is 17.5 Å². The molecule has 0 aliphatic heterocycles. The average molecular weight is 273 g/mol. The van der Waals surface area contributed by atoms with Crippen LogP contribution >= 0.6 is 11.3 Å². The third kappa shape index (κ3) is 2.72. The molecule has 2 heterocycles. The van der Waals surface area contributed by atoms with Gasteiger partial charge in [-0.2, -0.15) is 0 Å². The zero-order valence-electron chi connectivity index (χ0n) is 8.79. The number of aromatic nitrogens is 1. The predicted octanol–water partition coefficient (Wildman–Crippen LogP) is 0.673. The molecule has 0 saturated carbocycles. The van der Waals surface area contributed by atoms with Gasteiger partial charge in [-0.3, -0.25) is 0 Å². The molecule has 0 aliphatic carbocycles. The van der Waals surface area contributed by atoms with Crippen LogP contribution in [0.4, 0.5) is 0 Å². The molecule has 0 spiro atoms. The normalized spacial score (nSPS) is 11.8. The minimum Gasteiger partial charge on any atom is -0.360 e. The fourth-order valence-electron chi connectivity index (χ4n) is 1.29. The summed E-state index contributed by atoms with van der Waals surface area (Å²) in [6, 6.07) is 3.13. The molecule has 2 rings (SSSR count). The van der Waals surface area contributed by atoms with Gasteiger partial charge in [-0.05, 0) is 11.4 Å². The van der Waals surface area contributed by atoms with E-state index in [1.54, 1.807) is 11.4 Å². The second kappa shape index (κ2) is 4.96. The molecule has 0 unspecified atom stereocenters. The van der Waals surface area contributed by atoms with Gasteiger partial charge in [0.1, 0.15) is 0 Å². The van der Waals surface area contributed by atoms with E-state index < -0.39 is 10.0 Å². The number of nitrogens with zero attached hydrogens (tertiary/aromatic N) is 1. The molecule has 0 fully saturated rings. The molecule has 0 amide bonds. The maximum absolute atomic E-state index is 11.9. The number of nitrogens with one attached hydrogen (secondary N) is 1. The van der Waals surface area contributed by atoms with Crippen molar-refractivity contribution in [3.8, 4) is 0 Å². The highest BCUT2D eigenvalue weighted by Gasteiger charge is 2.19. The quantitative estimate of drug-likeness (QED) is 0.834. The first-order valence-electron chi connectivity index (χ1n) is 4.79. The first-order valence-corrected chi connectivity index (χ1v) is 7.15. The number of rotatable bonds is 5. The summed E-state index contributed by atoms with van der Waals surface area (Å²) < 4.78 is 31.1. The van der Waals surface area contributed by atoms with Crippen molar-refractivity contribution in [2.45, 2.75) is 18.0 Å². The maximum atomic E-state index is 11.9. The number of hydrogen-bond acceptors (Lipinski definition) is 6. The van der Waals surface area contributed by atoms with Crippen molar-refractivity contribution in [3.63, 3.8) is 0 Å². The molecular weight excluding hydrogens is 262 g/mol. The SMILES string of the molecule is NCc1sccc1S(=O)(=O)NCc1ccno1. The van der Waals surface area contributed by atoms with Crippen LogP contribution in [-0.2, 0) is 23.1 Å². The van der Waals surface area contributed by atoms with Crippen molar-refractivity contribution in [3.05, 3.63) is 34.3 Å². The van der Waals surface area contributed by atoms with Crippen molar-refractivity contribution in [1.29, 1.82) is 0 Å². The topological polar surface area (TPSA) is 98.2 Å². The average Bonchev–Trinajstić information content (AvgIpc) is 2.97. The Labute approximate surface area is 102 Å². The monoisotopic (exact) mass is 273 g/mol. The summed E-state index contributed by atoms with van der Waals surface area (Å²) in [5.41, 5.74) is 5.47. The number of hydrogen-bond donors (Lipinski definition) is 2. The fraction of sp³-hybridized carbons (Fsp3) is 0.222. The summed E-state index contributed by atoms with van der Waals surface area (Å²) in [7, 11) is -3.54. The lowest BCUT2D eigenvalue weighted by atomic mass is 10.5. The van der Waals surface area contributed by atoms with Crippen molar-refractivity contribution in [2.75, 3.05) is 0 Å². The number of nitrogens with two attached hydrogens (primary N) is 1. The molecule has 6 nitrogen and oxygen atoms in total. The Hall–Kier alpha value is -1.22. The van der Waals surface area contributed by atoms with Gasteiger partial charge in [-0.25, -0.2) is 13.1 Å². The van der Waals surface area contributed by atoms with Crippen molar-refractivity contribution >= 4 is 21.4 Å². The molecule has 2 aromatic rings. The number of sulfonamides is 1. The largest absolute Gasteiger partial charge is 0.360 e. The molecule has 0 bridgehead atoms. The van der Waals surface area contributed by atoms with Crippen LogP contribution in [0, 0.1) is 0 Å². The smallest absolute Gasteiger partial charge is 0.242 e. The molecule has 0 aliphatic rings. The summed E-state index contributed by atoms with van der Waals surface area (Å²) in [4.78, 5) is 0.861. The van der Waals surface area contributed by atoms with Gasteiger partial charge < -0.3 is 10.3 Å². The Balaban J connectivity index is 2.14. The van der Waals surface area contributed by atoms with E-state index in [4.69, 9.17) is 10.3 Å². The molecule has 0 radical (unpaired) electrons. The van der Waals surface area contributed by atoms with E-state index in [-0.39, 0.29) is 18.0 Å². The van der Waals surface area contributed by atoms with Crippen LogP contribution in [-0.4, -0.2) is 13.6 Å². The van der Waals surface area contributed by atoms with Crippen LogP contribution in [0.5, 0.6) is 0 Å². The van der Waals surface area contributed by atoms with Gasteiger partial charge in [-0.1, -0.05) is 5.16 Å². The highest BCUT2D eigenvalue weighted by Crippen LogP contribution is 2.21. The van der Waals surface area contributed by atoms with Crippen LogP contribution in [0.1, 0.15) is 10.6 Å². The van der Waals surface area contributed by atoms with Gasteiger partial charge in [0.05, 0.1) is 17.6 Å². The van der Waals surface area contributed by atoms with E-state index >= 15 is 0 Å². The molecular formula is C9H11N3O3S2. The fourth-order valence-corrected chi connectivity index (χ4v) is 3.62. The molecule has 0 aromatic carbocycles. The minimum absolute atomic E-state index is 0.0716. The van der Waals surface area contributed by atoms with Crippen molar-refractivity contribution in [1.82, 2.24) is 9.88 Å². The molecule has 3 N–H and O–H groups in total. The van der Waals surface area contributed by atoms with E-state index in [2.05, 4.69) is 9.88 Å². The third-order valence-electron chi connectivity index (χ3n) is 2.11. The summed E-state index contributed by atoms with van der Waals surface area (Å²) in [6.07, 6.45) is 1.46. The predicted molar refractivity (Wildman–Crippen MR) is 62.7 cm³/mol. The van der Waals surface area contributed by atoms with E-state index in [9.17, 15) is 8.42 Å². The Kier molecular flexibility index (Phi) is 3.57. The highest BCUT2D eigenvalue weighted by atomic mass is 32.2. The van der Waals surface area contributed by atoms with Crippen LogP contribution < -0.4 is 10.5 Å². The first kappa shape index (κ1) is 12.2. The van der Waals surface area contributed by atoms with Crippen LogP contribution in [0.3, 0.4) is 0 Å². The zero-order chi connectivity index (χ0) is 12.3. The van der Waals surface area contributed by atoms with Crippen LogP contribution in [0.2, 0.25) is 0 Å². The van der Waals surface area contributed by atoms with Gasteiger partial charge in [0.2, 0.25) is 10.0 Å². The maximum Gasteiger partial charge on any atom is 0.242 e. The summed E-state index contributed by atoms with van der Waals surface area (Å²) in [6.45, 7) is 0.276. The Morgan fingerprint density at radius 1 is 1.47 bits per heavy atom. The van der Waals surface area contributed by atoms with E-state index in [1.807, 2.05) is 0 Å². The van der Waals surface area contributed by atoms with E-state index in [0.29, 0.717) is 10.6 Å². The summed E-state index contributed by atoms with van der Waals surface area (Å²) >= 11 is 1.32. The molecule has 0 saturated heterocycles. The van der Waals surface area contributed by atoms with E-state index in [0.717, 1.165) is 0 Å². The zero-order valence-corrected chi connectivity index (χ0v) is 10.4. The Morgan fingerprint density at radius 2 is 2.29 bits per heavy atom. The number of thiophene rings is 1. The Bertz CT molecular complexity index is 574. The lowest BCUT2D eigenvalue weighted by Crippen LogP contribution is -2.23. The Morgan fingerprint density at radius 3 is 2.94 bits per heavy atom. The standard InChI is InChI=1S/C9H11N3O3S2/c10-5-8-9(2-4-16-8)17(13,14)12-6-7-1-3-11-15-7/h1-4,12H,5-6,10H2. The van der Waals surface area contributed by atoms with Crippen molar-refractivity contribution in [2.24, 2.45) is 5.73 Å². The van der Waals surface area contributed by atoms with Crippen LogP contribution in [0.15, 0.2) is 33.1 Å². The molecule has 0 atom stereocenters. The third-order valence-corrected chi connectivity index (χ3v) is 4.67. The van der Waals surface area contributed by atoms with E-state index in [1.165, 1.54) is 23.6 Å². The lowest BCUT2D eigenvalue weighted by Gasteiger charge is -2.04. The first-order chi connectivity index (χ1) is 8.13. The second-order valence-electron chi connectivity index (χ2n) is 3.22. The van der Waals surface area contributed by atoms with Gasteiger partial charge in [-0.15, -0.1) is 11.3 Å². The van der Waals surface area contributed by atoms with Crippen LogP contribution in [0.25, 0.3) is 0 Å². The molecule has 92 valence electrons. The lowest BCUT2D eigenvalue weighted by molar-refractivity contribution is 0.380. The minimum atomic E-state index is -3.54.